The van der Waals surface area contributed by atoms with Crippen LogP contribution >= 0.6 is 0 Å². The summed E-state index contributed by atoms with van der Waals surface area (Å²) >= 11 is 0. The third kappa shape index (κ3) is 56.3. The smallest absolute Gasteiger partial charge is 0.306 e. The highest BCUT2D eigenvalue weighted by Gasteiger charge is 2.19. The van der Waals surface area contributed by atoms with Gasteiger partial charge in [-0.1, -0.05) is 219 Å². The van der Waals surface area contributed by atoms with E-state index >= 15 is 0 Å². The maximum atomic E-state index is 12.9. The Morgan fingerprint density at radius 3 is 0.958 bits per heavy atom. The number of esters is 3. The van der Waals surface area contributed by atoms with Gasteiger partial charge in [0.2, 0.25) is 0 Å². The molecule has 400 valence electrons. The third-order valence-electron chi connectivity index (χ3n) is 11.6. The number of allylic oxidation sites excluding steroid dienone is 22. The Labute approximate surface area is 436 Å². The molecule has 0 amide bonds. The van der Waals surface area contributed by atoms with Crippen molar-refractivity contribution in [3.63, 3.8) is 0 Å². The lowest BCUT2D eigenvalue weighted by molar-refractivity contribution is -0.167. The molecule has 0 aliphatic heterocycles. The lowest BCUT2D eigenvalue weighted by Crippen LogP contribution is -2.30. The molecular formula is C65H104O6. The number of hydrogen-bond acceptors (Lipinski definition) is 6. The predicted molar refractivity (Wildman–Crippen MR) is 306 cm³/mol. The minimum Gasteiger partial charge on any atom is -0.462 e. The molecule has 0 saturated carbocycles. The molecule has 0 aromatic carbocycles. The van der Waals surface area contributed by atoms with Gasteiger partial charge in [0.1, 0.15) is 13.2 Å². The standard InChI is InChI=1S/C65H104O6/c1-4-7-10-13-16-19-22-25-28-31-32-35-37-40-43-46-49-52-55-58-64(67)70-61-62(71-65(68)59-56-53-50-47-44-41-38-34-30-27-24-21-18-15-12-9-6-3)60-69-63(66)57-54-51-48-45-42-39-36-33-29-26-23-20-17-14-11-8-5-2/h9,12,16,18-19,21,25-30,32,35-36,38-41,43,45,48,62H,4-8,10-11,13-15,17,20,22-24,31,33-34,37,42,44,46-47,49-61H2,1-3H3/b12-9-,19-16-,21-18-,28-25-,29-26-,30-27-,35-32-,39-36-,41-38-,43-40-,48-45-/t62-/m0/s1. The molecule has 1 atom stereocenters. The number of rotatable bonds is 50. The summed E-state index contributed by atoms with van der Waals surface area (Å²) in [5.74, 6) is -1.04. The molecule has 71 heavy (non-hydrogen) atoms. The molecule has 6 heteroatoms. The SMILES string of the molecule is CC/C=C\C/C=C\C/C=C\C/C=C\CCCCCCC(=O)O[C@@H](COC(=O)CCC/C=C\C/C=C\C/C=C\CCCCCCCC)COC(=O)CCCCC/C=C\C/C=C\C/C=C\C/C=C\CCCCC. The summed E-state index contributed by atoms with van der Waals surface area (Å²) in [6.07, 6.45) is 81.6. The predicted octanol–water partition coefficient (Wildman–Crippen LogP) is 19.4. The first kappa shape index (κ1) is 66.6. The van der Waals surface area contributed by atoms with Crippen molar-refractivity contribution in [1.82, 2.24) is 0 Å². The maximum Gasteiger partial charge on any atom is 0.306 e. The summed E-state index contributed by atoms with van der Waals surface area (Å²) in [4.78, 5) is 38.1. The van der Waals surface area contributed by atoms with Gasteiger partial charge in [-0.25, -0.2) is 0 Å². The van der Waals surface area contributed by atoms with Crippen LogP contribution in [0.2, 0.25) is 0 Å². The van der Waals surface area contributed by atoms with E-state index in [0.29, 0.717) is 12.8 Å². The third-order valence-corrected chi connectivity index (χ3v) is 11.6. The van der Waals surface area contributed by atoms with Crippen LogP contribution in [-0.2, 0) is 28.6 Å². The highest BCUT2D eigenvalue weighted by atomic mass is 16.6. The average Bonchev–Trinajstić information content (AvgIpc) is 3.37. The first-order valence-corrected chi connectivity index (χ1v) is 28.7. The van der Waals surface area contributed by atoms with Crippen LogP contribution in [-0.4, -0.2) is 37.2 Å². The number of unbranched alkanes of at least 4 members (excludes halogenated alkanes) is 17. The lowest BCUT2D eigenvalue weighted by atomic mass is 10.1. The zero-order valence-electron chi connectivity index (χ0n) is 45.7. The highest BCUT2D eigenvalue weighted by Crippen LogP contribution is 2.12. The van der Waals surface area contributed by atoms with Gasteiger partial charge in [-0.15, -0.1) is 0 Å². The fraction of sp³-hybridized carbons (Fsp3) is 0.615. The van der Waals surface area contributed by atoms with Crippen LogP contribution in [0.15, 0.2) is 134 Å². The Hall–Kier alpha value is -4.45. The monoisotopic (exact) mass is 981 g/mol. The molecule has 0 N–H and O–H groups in total. The highest BCUT2D eigenvalue weighted by molar-refractivity contribution is 5.71. The Bertz CT molecular complexity index is 1550. The summed E-state index contributed by atoms with van der Waals surface area (Å²) < 4.78 is 16.8. The summed E-state index contributed by atoms with van der Waals surface area (Å²) in [5, 5.41) is 0. The largest absolute Gasteiger partial charge is 0.462 e. The Morgan fingerprint density at radius 2 is 0.563 bits per heavy atom. The van der Waals surface area contributed by atoms with Gasteiger partial charge in [0, 0.05) is 19.3 Å². The van der Waals surface area contributed by atoms with E-state index in [-0.39, 0.29) is 44.0 Å². The van der Waals surface area contributed by atoms with E-state index in [1.54, 1.807) is 0 Å². The van der Waals surface area contributed by atoms with Gasteiger partial charge in [0.05, 0.1) is 0 Å². The normalized spacial score (nSPS) is 13.1. The van der Waals surface area contributed by atoms with Crippen LogP contribution in [0.25, 0.3) is 0 Å². The molecule has 0 spiro atoms. The molecule has 0 radical (unpaired) electrons. The van der Waals surface area contributed by atoms with Gasteiger partial charge in [0.25, 0.3) is 0 Å². The van der Waals surface area contributed by atoms with Crippen LogP contribution < -0.4 is 0 Å². The Balaban J connectivity index is 4.59. The molecule has 0 aliphatic rings. The topological polar surface area (TPSA) is 78.9 Å². The van der Waals surface area contributed by atoms with E-state index in [2.05, 4.69) is 154 Å². The van der Waals surface area contributed by atoms with Crippen LogP contribution in [0.5, 0.6) is 0 Å². The van der Waals surface area contributed by atoms with E-state index in [1.165, 1.54) is 70.6 Å². The van der Waals surface area contributed by atoms with Crippen LogP contribution in [0.4, 0.5) is 0 Å². The number of carbonyl (C=O) groups excluding carboxylic acids is 3. The van der Waals surface area contributed by atoms with Crippen molar-refractivity contribution in [1.29, 1.82) is 0 Å². The minimum absolute atomic E-state index is 0.125. The molecule has 0 bridgehead atoms. The summed E-state index contributed by atoms with van der Waals surface area (Å²) in [7, 11) is 0. The van der Waals surface area contributed by atoms with E-state index in [9.17, 15) is 14.4 Å². The minimum atomic E-state index is -0.830. The van der Waals surface area contributed by atoms with Crippen LogP contribution in [0, 0.1) is 0 Å². The van der Waals surface area contributed by atoms with Gasteiger partial charge in [-0.05, 0) is 135 Å². The molecule has 0 rings (SSSR count). The Kier molecular flexibility index (Phi) is 54.5. The summed E-state index contributed by atoms with van der Waals surface area (Å²) in [6.45, 7) is 6.39. The van der Waals surface area contributed by atoms with Crippen LogP contribution in [0.3, 0.4) is 0 Å². The van der Waals surface area contributed by atoms with Crippen LogP contribution in [0.1, 0.15) is 239 Å². The van der Waals surface area contributed by atoms with Crippen molar-refractivity contribution in [2.75, 3.05) is 13.2 Å². The van der Waals surface area contributed by atoms with Crippen molar-refractivity contribution >= 4 is 17.9 Å². The molecule has 6 nitrogen and oxygen atoms in total. The second-order valence-corrected chi connectivity index (χ2v) is 18.5. The van der Waals surface area contributed by atoms with Gasteiger partial charge >= 0.3 is 17.9 Å². The number of carbonyl (C=O) groups is 3. The zero-order valence-corrected chi connectivity index (χ0v) is 45.7. The summed E-state index contributed by atoms with van der Waals surface area (Å²) in [5.41, 5.74) is 0. The van der Waals surface area contributed by atoms with Crippen molar-refractivity contribution in [3.8, 4) is 0 Å². The number of hydrogen-bond donors (Lipinski definition) is 0. The first-order valence-electron chi connectivity index (χ1n) is 28.7. The second kappa shape index (κ2) is 58.1. The maximum absolute atomic E-state index is 12.9. The van der Waals surface area contributed by atoms with Crippen molar-refractivity contribution in [2.24, 2.45) is 0 Å². The molecule has 0 fully saturated rings. The molecule has 0 aromatic heterocycles. The van der Waals surface area contributed by atoms with Crippen molar-refractivity contribution in [2.45, 2.75) is 245 Å². The molecule has 0 saturated heterocycles. The van der Waals surface area contributed by atoms with Crippen molar-refractivity contribution < 1.29 is 28.6 Å². The molecular weight excluding hydrogens is 877 g/mol. The van der Waals surface area contributed by atoms with Gasteiger partial charge < -0.3 is 14.2 Å². The number of ether oxygens (including phenoxy) is 3. The fourth-order valence-corrected chi connectivity index (χ4v) is 7.31. The van der Waals surface area contributed by atoms with Gasteiger partial charge in [0.15, 0.2) is 6.10 Å². The Morgan fingerprint density at radius 1 is 0.296 bits per heavy atom. The van der Waals surface area contributed by atoms with E-state index in [0.717, 1.165) is 122 Å². The fourth-order valence-electron chi connectivity index (χ4n) is 7.31. The molecule has 0 aromatic rings. The average molecular weight is 982 g/mol. The molecule has 0 aliphatic carbocycles. The van der Waals surface area contributed by atoms with Gasteiger partial charge in [-0.3, -0.25) is 14.4 Å². The van der Waals surface area contributed by atoms with E-state index < -0.39 is 6.10 Å². The first-order chi connectivity index (χ1) is 35.0. The quantitative estimate of drug-likeness (QED) is 0.0262. The molecule has 0 heterocycles. The second-order valence-electron chi connectivity index (χ2n) is 18.5. The van der Waals surface area contributed by atoms with Gasteiger partial charge in [-0.2, -0.15) is 0 Å². The van der Waals surface area contributed by atoms with Crippen molar-refractivity contribution in [3.05, 3.63) is 134 Å². The lowest BCUT2D eigenvalue weighted by Gasteiger charge is -2.18. The summed E-state index contributed by atoms with van der Waals surface area (Å²) in [6, 6.07) is 0. The van der Waals surface area contributed by atoms with E-state index in [4.69, 9.17) is 14.2 Å². The van der Waals surface area contributed by atoms with E-state index in [1.807, 2.05) is 0 Å². The zero-order chi connectivity index (χ0) is 51.4. The molecule has 0 unspecified atom stereocenters.